The number of aliphatic hydroxyl groups excluding tert-OH is 1. The molecular weight excluding hydrogens is 258 g/mol. The monoisotopic (exact) mass is 281 g/mol. The van der Waals surface area contributed by atoms with Crippen molar-refractivity contribution in [1.82, 2.24) is 15.5 Å². The van der Waals surface area contributed by atoms with Crippen molar-refractivity contribution in [2.75, 3.05) is 13.7 Å². The van der Waals surface area contributed by atoms with Crippen LogP contribution >= 0.6 is 0 Å². The Bertz CT molecular complexity index is 454. The standard InChI is InChI=1S/C14H23N3O3/c1-9-3-5-14(19-2,6-4-9)13-16-12(20-17-13)11-7-10(18)8-15-11/h9-11,15,18H,3-8H2,1-2H3. The first-order valence-corrected chi connectivity index (χ1v) is 7.43. The van der Waals surface area contributed by atoms with E-state index in [4.69, 9.17) is 9.26 Å². The lowest BCUT2D eigenvalue weighted by Crippen LogP contribution is -2.34. The second kappa shape index (κ2) is 5.42. The van der Waals surface area contributed by atoms with Gasteiger partial charge in [-0.25, -0.2) is 0 Å². The smallest absolute Gasteiger partial charge is 0.243 e. The fraction of sp³-hybridized carbons (Fsp3) is 0.857. The van der Waals surface area contributed by atoms with Crippen LogP contribution in [0.1, 0.15) is 56.8 Å². The van der Waals surface area contributed by atoms with E-state index in [9.17, 15) is 5.11 Å². The normalized spacial score (nSPS) is 38.2. The van der Waals surface area contributed by atoms with Gasteiger partial charge in [-0.05, 0) is 38.0 Å². The third-order valence-electron chi connectivity index (χ3n) is 4.73. The largest absolute Gasteiger partial charge is 0.392 e. The maximum atomic E-state index is 9.57. The molecule has 20 heavy (non-hydrogen) atoms. The van der Waals surface area contributed by atoms with Gasteiger partial charge in [0.05, 0.1) is 12.1 Å². The molecule has 1 aliphatic carbocycles. The summed E-state index contributed by atoms with van der Waals surface area (Å²) in [6.07, 6.45) is 4.41. The summed E-state index contributed by atoms with van der Waals surface area (Å²) in [5.41, 5.74) is -0.397. The number of aromatic nitrogens is 2. The topological polar surface area (TPSA) is 80.4 Å². The number of methoxy groups -OCH3 is 1. The second-order valence-corrected chi connectivity index (χ2v) is 6.19. The first-order valence-electron chi connectivity index (χ1n) is 7.43. The van der Waals surface area contributed by atoms with Crippen molar-refractivity contribution in [2.45, 2.75) is 56.8 Å². The van der Waals surface area contributed by atoms with Gasteiger partial charge in [0.25, 0.3) is 0 Å². The zero-order chi connectivity index (χ0) is 14.2. The van der Waals surface area contributed by atoms with Crippen molar-refractivity contribution in [3.8, 4) is 0 Å². The van der Waals surface area contributed by atoms with Crippen LogP contribution < -0.4 is 5.32 Å². The van der Waals surface area contributed by atoms with E-state index in [1.54, 1.807) is 7.11 Å². The van der Waals surface area contributed by atoms with Crippen molar-refractivity contribution in [3.63, 3.8) is 0 Å². The summed E-state index contributed by atoms with van der Waals surface area (Å²) in [6, 6.07) is -0.0392. The van der Waals surface area contributed by atoms with E-state index in [0.717, 1.165) is 31.6 Å². The molecule has 2 N–H and O–H groups in total. The highest BCUT2D eigenvalue weighted by Gasteiger charge is 2.41. The van der Waals surface area contributed by atoms with Gasteiger partial charge in [-0.15, -0.1) is 0 Å². The molecule has 1 aromatic rings. The van der Waals surface area contributed by atoms with Gasteiger partial charge in [0.15, 0.2) is 0 Å². The Morgan fingerprint density at radius 3 is 2.75 bits per heavy atom. The van der Waals surface area contributed by atoms with Gasteiger partial charge in [-0.1, -0.05) is 12.1 Å². The summed E-state index contributed by atoms with van der Waals surface area (Å²) in [7, 11) is 1.73. The molecule has 1 saturated heterocycles. The molecule has 6 nitrogen and oxygen atoms in total. The van der Waals surface area contributed by atoms with Crippen molar-refractivity contribution in [3.05, 3.63) is 11.7 Å². The van der Waals surface area contributed by atoms with Gasteiger partial charge in [0, 0.05) is 13.7 Å². The molecule has 0 spiro atoms. The fourth-order valence-electron chi connectivity index (χ4n) is 3.21. The molecule has 0 amide bonds. The first-order chi connectivity index (χ1) is 9.63. The summed E-state index contributed by atoms with van der Waals surface area (Å²) < 4.78 is 11.1. The number of hydrogen-bond donors (Lipinski definition) is 2. The van der Waals surface area contributed by atoms with E-state index in [2.05, 4.69) is 22.4 Å². The summed E-state index contributed by atoms with van der Waals surface area (Å²) in [4.78, 5) is 4.54. The van der Waals surface area contributed by atoms with Crippen LogP contribution in [0, 0.1) is 5.92 Å². The van der Waals surface area contributed by atoms with E-state index < -0.39 is 5.60 Å². The summed E-state index contributed by atoms with van der Waals surface area (Å²) in [5, 5.41) is 16.9. The fourth-order valence-corrected chi connectivity index (χ4v) is 3.21. The van der Waals surface area contributed by atoms with Crippen molar-refractivity contribution in [1.29, 1.82) is 0 Å². The number of ether oxygens (including phenoxy) is 1. The Morgan fingerprint density at radius 1 is 1.40 bits per heavy atom. The highest BCUT2D eigenvalue weighted by atomic mass is 16.5. The minimum absolute atomic E-state index is 0.0392. The van der Waals surface area contributed by atoms with Gasteiger partial charge < -0.3 is 19.7 Å². The van der Waals surface area contributed by atoms with Crippen LogP contribution in [0.3, 0.4) is 0 Å². The molecule has 0 radical (unpaired) electrons. The number of β-amino-alcohol motifs (C(OH)–C–C–N with tert-alkyl or cyclic N) is 1. The summed E-state index contributed by atoms with van der Waals surface area (Å²) in [5.74, 6) is 1.95. The average molecular weight is 281 g/mol. The maximum absolute atomic E-state index is 9.57. The number of hydrogen-bond acceptors (Lipinski definition) is 6. The highest BCUT2D eigenvalue weighted by Crippen LogP contribution is 2.41. The van der Waals surface area contributed by atoms with E-state index in [1.165, 1.54) is 0 Å². The summed E-state index contributed by atoms with van der Waals surface area (Å²) >= 11 is 0. The quantitative estimate of drug-likeness (QED) is 0.874. The van der Waals surface area contributed by atoms with E-state index in [0.29, 0.717) is 24.7 Å². The molecule has 2 unspecified atom stereocenters. The SMILES string of the molecule is COC1(c2noc(C3CC(O)CN3)n2)CCC(C)CC1. The first kappa shape index (κ1) is 14.0. The third-order valence-corrected chi connectivity index (χ3v) is 4.73. The minimum atomic E-state index is -0.397. The molecule has 1 saturated carbocycles. The van der Waals surface area contributed by atoms with Crippen LogP contribution in [0.25, 0.3) is 0 Å². The number of rotatable bonds is 3. The molecule has 6 heteroatoms. The molecule has 0 bridgehead atoms. The number of nitrogens with zero attached hydrogens (tertiary/aromatic N) is 2. The lowest BCUT2D eigenvalue weighted by molar-refractivity contribution is -0.0609. The third kappa shape index (κ3) is 2.47. The molecule has 1 aromatic heterocycles. The average Bonchev–Trinajstić information content (AvgIpc) is 3.09. The maximum Gasteiger partial charge on any atom is 0.243 e. The predicted octanol–water partition coefficient (Wildman–Crippen LogP) is 1.52. The Kier molecular flexibility index (Phi) is 3.79. The van der Waals surface area contributed by atoms with Gasteiger partial charge in [-0.3, -0.25) is 0 Å². The van der Waals surface area contributed by atoms with Gasteiger partial charge >= 0.3 is 0 Å². The molecule has 2 fully saturated rings. The molecule has 2 heterocycles. The lowest BCUT2D eigenvalue weighted by atomic mass is 9.79. The minimum Gasteiger partial charge on any atom is -0.392 e. The second-order valence-electron chi connectivity index (χ2n) is 6.19. The molecule has 1 aliphatic heterocycles. The zero-order valence-electron chi connectivity index (χ0n) is 12.1. The van der Waals surface area contributed by atoms with Gasteiger partial charge in [-0.2, -0.15) is 4.98 Å². The zero-order valence-corrected chi connectivity index (χ0v) is 12.1. The highest BCUT2D eigenvalue weighted by molar-refractivity contribution is 5.06. The molecule has 2 aliphatic rings. The molecule has 0 aromatic carbocycles. The Hall–Kier alpha value is -0.980. The Balaban J connectivity index is 1.78. The molecule has 3 rings (SSSR count). The number of aliphatic hydroxyl groups is 1. The summed E-state index contributed by atoms with van der Waals surface area (Å²) in [6.45, 7) is 2.85. The van der Waals surface area contributed by atoms with Gasteiger partial charge in [0.2, 0.25) is 11.7 Å². The molecule has 112 valence electrons. The van der Waals surface area contributed by atoms with Gasteiger partial charge in [0.1, 0.15) is 5.60 Å². The van der Waals surface area contributed by atoms with Crippen LogP contribution in [0.2, 0.25) is 0 Å². The van der Waals surface area contributed by atoms with Crippen LogP contribution in [0.5, 0.6) is 0 Å². The van der Waals surface area contributed by atoms with Crippen LogP contribution in [0.4, 0.5) is 0 Å². The van der Waals surface area contributed by atoms with Crippen molar-refractivity contribution in [2.24, 2.45) is 5.92 Å². The lowest BCUT2D eigenvalue weighted by Gasteiger charge is -2.35. The van der Waals surface area contributed by atoms with Crippen molar-refractivity contribution < 1.29 is 14.4 Å². The van der Waals surface area contributed by atoms with E-state index in [-0.39, 0.29) is 12.1 Å². The van der Waals surface area contributed by atoms with Crippen LogP contribution in [-0.2, 0) is 10.3 Å². The Labute approximate surface area is 118 Å². The van der Waals surface area contributed by atoms with E-state index in [1.807, 2.05) is 0 Å². The molecular formula is C14H23N3O3. The number of nitrogens with one attached hydrogen (secondary N) is 1. The van der Waals surface area contributed by atoms with Crippen LogP contribution in [-0.4, -0.2) is 35.0 Å². The molecule has 2 atom stereocenters. The van der Waals surface area contributed by atoms with Crippen LogP contribution in [0.15, 0.2) is 4.52 Å². The van der Waals surface area contributed by atoms with E-state index >= 15 is 0 Å². The van der Waals surface area contributed by atoms with Crippen molar-refractivity contribution >= 4 is 0 Å². The Morgan fingerprint density at radius 2 is 2.15 bits per heavy atom. The predicted molar refractivity (Wildman–Crippen MR) is 72.0 cm³/mol.